The topological polar surface area (TPSA) is 123 Å². The first-order valence-electron chi connectivity index (χ1n) is 12.8. The number of aryl methyl sites for hydroxylation is 1. The highest BCUT2D eigenvalue weighted by Gasteiger charge is 2.23. The number of carbonyl (C=O) groups excluding carboxylic acids is 2. The molecule has 2 aromatic carbocycles. The molecule has 1 atom stereocenters. The molecule has 1 saturated heterocycles. The number of rotatable bonds is 11. The molecule has 8 nitrogen and oxygen atoms in total. The van der Waals surface area contributed by atoms with E-state index < -0.39 is 0 Å². The minimum absolute atomic E-state index is 0.0414. The Morgan fingerprint density at radius 1 is 1.26 bits per heavy atom. The van der Waals surface area contributed by atoms with Crippen LogP contribution in [0.5, 0.6) is 5.75 Å². The van der Waals surface area contributed by atoms with Crippen LogP contribution in [0, 0.1) is 11.7 Å². The van der Waals surface area contributed by atoms with Gasteiger partial charge in [-0.3, -0.25) is 14.6 Å². The maximum atomic E-state index is 13.8. The number of amides is 1. The standard InChI is InChI=1S/C16H14BrFO2.C12H25N5O/c1-20-16-8-6-13(17)9-11(16)5-7-14-12(10-19)3-2-4-15(14)18;1-15-12(14)16-6-2-3-7-17-8-4-5-10(9-17)11(13)18/h2-4,6,8-10H,5,7H2,1H3;10H,2-9H2,1H3,(H2,13,18)(H3,14,15,16). The zero-order valence-corrected chi connectivity index (χ0v) is 23.8. The summed E-state index contributed by atoms with van der Waals surface area (Å²) in [6, 6.07) is 10.2. The summed E-state index contributed by atoms with van der Waals surface area (Å²) in [4.78, 5) is 28.3. The molecule has 0 saturated carbocycles. The van der Waals surface area contributed by atoms with Gasteiger partial charge in [0.15, 0.2) is 5.96 Å². The molecule has 3 rings (SSSR count). The molecule has 1 aliphatic heterocycles. The number of aliphatic imine (C=N–C) groups is 1. The lowest BCUT2D eigenvalue weighted by Crippen LogP contribution is -2.41. The summed E-state index contributed by atoms with van der Waals surface area (Å²) in [5, 5.41) is 3.03. The lowest BCUT2D eigenvalue weighted by molar-refractivity contribution is -0.123. The zero-order chi connectivity index (χ0) is 27.9. The second kappa shape index (κ2) is 16.8. The Hall–Kier alpha value is -2.98. The first-order valence-corrected chi connectivity index (χ1v) is 13.6. The maximum Gasteiger partial charge on any atom is 0.221 e. The third-order valence-corrected chi connectivity index (χ3v) is 7.02. The number of ether oxygens (including phenoxy) is 1. The second-order valence-electron chi connectivity index (χ2n) is 9.17. The van der Waals surface area contributed by atoms with Gasteiger partial charge in [-0.25, -0.2) is 4.39 Å². The molecule has 5 N–H and O–H groups in total. The number of hydrogen-bond donors (Lipinski definition) is 3. The van der Waals surface area contributed by atoms with Crippen molar-refractivity contribution in [1.29, 1.82) is 0 Å². The first-order chi connectivity index (χ1) is 18.3. The van der Waals surface area contributed by atoms with Crippen molar-refractivity contribution in [3.05, 3.63) is 63.4 Å². The highest BCUT2D eigenvalue weighted by Crippen LogP contribution is 2.25. The van der Waals surface area contributed by atoms with Gasteiger partial charge < -0.3 is 26.4 Å². The number of nitrogens with two attached hydrogens (primary N) is 2. The Labute approximate surface area is 233 Å². The smallest absolute Gasteiger partial charge is 0.221 e. The normalized spacial score (nSPS) is 15.8. The molecule has 1 heterocycles. The monoisotopic (exact) mass is 591 g/mol. The van der Waals surface area contributed by atoms with Gasteiger partial charge in [-0.15, -0.1) is 0 Å². The fourth-order valence-corrected chi connectivity index (χ4v) is 4.81. The van der Waals surface area contributed by atoms with E-state index in [4.69, 9.17) is 16.2 Å². The molecule has 1 unspecified atom stereocenters. The number of benzene rings is 2. The molecule has 0 spiro atoms. The third-order valence-electron chi connectivity index (χ3n) is 6.52. The minimum Gasteiger partial charge on any atom is -0.496 e. The Balaban J connectivity index is 0.000000269. The van der Waals surface area contributed by atoms with E-state index >= 15 is 0 Å². The van der Waals surface area contributed by atoms with Gasteiger partial charge >= 0.3 is 0 Å². The van der Waals surface area contributed by atoms with Crippen molar-refractivity contribution >= 4 is 34.1 Å². The molecule has 0 aromatic heterocycles. The molecule has 208 valence electrons. The van der Waals surface area contributed by atoms with Gasteiger partial charge in [0, 0.05) is 30.2 Å². The van der Waals surface area contributed by atoms with Crippen molar-refractivity contribution in [3.8, 4) is 5.75 Å². The van der Waals surface area contributed by atoms with Crippen LogP contribution in [0.25, 0.3) is 0 Å². The van der Waals surface area contributed by atoms with Crippen molar-refractivity contribution in [3.63, 3.8) is 0 Å². The van der Waals surface area contributed by atoms with Crippen molar-refractivity contribution in [2.45, 2.75) is 38.5 Å². The number of guanidine groups is 1. The van der Waals surface area contributed by atoms with Crippen LogP contribution < -0.4 is 21.5 Å². The number of nitrogens with zero attached hydrogens (tertiary/aromatic N) is 2. The van der Waals surface area contributed by atoms with E-state index in [1.165, 1.54) is 6.07 Å². The molecule has 10 heteroatoms. The number of nitrogens with one attached hydrogen (secondary N) is 1. The zero-order valence-electron chi connectivity index (χ0n) is 22.2. The molecule has 2 aromatic rings. The summed E-state index contributed by atoms with van der Waals surface area (Å²) in [6.45, 7) is 3.77. The number of hydrogen-bond acceptors (Lipinski definition) is 5. The highest BCUT2D eigenvalue weighted by atomic mass is 79.9. The maximum absolute atomic E-state index is 13.8. The van der Waals surface area contributed by atoms with E-state index in [-0.39, 0.29) is 17.6 Å². The summed E-state index contributed by atoms with van der Waals surface area (Å²) in [7, 11) is 3.27. The van der Waals surface area contributed by atoms with Crippen molar-refractivity contribution in [1.82, 2.24) is 10.2 Å². The van der Waals surface area contributed by atoms with Crippen LogP contribution in [0.4, 0.5) is 4.39 Å². The number of primary amides is 1. The molecule has 1 aliphatic rings. The van der Waals surface area contributed by atoms with Gasteiger partial charge in [-0.2, -0.15) is 0 Å². The largest absolute Gasteiger partial charge is 0.496 e. The number of unbranched alkanes of at least 4 members (excludes halogenated alkanes) is 1. The summed E-state index contributed by atoms with van der Waals surface area (Å²) >= 11 is 3.41. The molecule has 1 amide bonds. The predicted molar refractivity (Wildman–Crippen MR) is 153 cm³/mol. The number of aldehydes is 1. The number of carbonyl (C=O) groups is 2. The minimum atomic E-state index is -0.344. The van der Waals surface area contributed by atoms with Gasteiger partial charge in [0.05, 0.1) is 13.0 Å². The quantitative estimate of drug-likeness (QED) is 0.158. The van der Waals surface area contributed by atoms with Gasteiger partial charge in [0.25, 0.3) is 0 Å². The van der Waals surface area contributed by atoms with E-state index in [0.717, 1.165) is 67.6 Å². The summed E-state index contributed by atoms with van der Waals surface area (Å²) in [5.74, 6) is 0.788. The van der Waals surface area contributed by atoms with Gasteiger partial charge in [-0.1, -0.05) is 28.1 Å². The number of methoxy groups -OCH3 is 1. The summed E-state index contributed by atoms with van der Waals surface area (Å²) in [5.41, 5.74) is 12.7. The number of likely N-dealkylation sites (tertiary alicyclic amines) is 1. The van der Waals surface area contributed by atoms with Gasteiger partial charge in [0.1, 0.15) is 17.9 Å². The van der Waals surface area contributed by atoms with E-state index in [1.54, 1.807) is 26.3 Å². The molecule has 0 bridgehead atoms. The molecule has 0 aliphatic carbocycles. The molecule has 1 fully saturated rings. The van der Waals surface area contributed by atoms with Crippen LogP contribution in [-0.2, 0) is 17.6 Å². The average Bonchev–Trinajstić information content (AvgIpc) is 2.92. The SMILES string of the molecule is CN=C(N)NCCCCN1CCCC(C(N)=O)C1.COc1ccc(Br)cc1CCc1c(F)cccc1C=O. The van der Waals surface area contributed by atoms with Crippen molar-refractivity contribution < 1.29 is 18.7 Å². The average molecular weight is 593 g/mol. The Bertz CT molecular complexity index is 1080. The van der Waals surface area contributed by atoms with E-state index in [0.29, 0.717) is 36.2 Å². The molecule has 0 radical (unpaired) electrons. The molecule has 38 heavy (non-hydrogen) atoms. The predicted octanol–water partition coefficient (Wildman–Crippen LogP) is 3.69. The highest BCUT2D eigenvalue weighted by molar-refractivity contribution is 9.10. The Kier molecular flexibility index (Phi) is 13.8. The number of halogens is 2. The van der Waals surface area contributed by atoms with Crippen LogP contribution >= 0.6 is 15.9 Å². The fourth-order valence-electron chi connectivity index (χ4n) is 4.40. The Morgan fingerprint density at radius 3 is 2.74 bits per heavy atom. The molecular formula is C28H39BrFN5O3. The van der Waals surface area contributed by atoms with Crippen LogP contribution in [0.2, 0.25) is 0 Å². The van der Waals surface area contributed by atoms with Crippen molar-refractivity contribution in [2.75, 3.05) is 40.3 Å². The lowest BCUT2D eigenvalue weighted by Gasteiger charge is -2.31. The van der Waals surface area contributed by atoms with E-state index in [2.05, 4.69) is 31.1 Å². The van der Waals surface area contributed by atoms with Gasteiger partial charge in [0.2, 0.25) is 5.91 Å². The number of piperidine rings is 1. The Morgan fingerprint density at radius 2 is 2.05 bits per heavy atom. The van der Waals surface area contributed by atoms with Gasteiger partial charge in [-0.05, 0) is 87.0 Å². The van der Waals surface area contributed by atoms with Crippen LogP contribution in [0.15, 0.2) is 45.9 Å². The van der Waals surface area contributed by atoms with E-state index in [1.807, 2.05) is 18.2 Å². The van der Waals surface area contributed by atoms with Crippen LogP contribution in [-0.4, -0.2) is 63.4 Å². The summed E-state index contributed by atoms with van der Waals surface area (Å²) < 4.78 is 20.0. The van der Waals surface area contributed by atoms with E-state index in [9.17, 15) is 14.0 Å². The summed E-state index contributed by atoms with van der Waals surface area (Å²) in [6.07, 6.45) is 5.90. The second-order valence-corrected chi connectivity index (χ2v) is 10.1. The molecular weight excluding hydrogens is 553 g/mol. The lowest BCUT2D eigenvalue weighted by atomic mass is 9.97. The van der Waals surface area contributed by atoms with Crippen molar-refractivity contribution in [2.24, 2.45) is 22.4 Å². The van der Waals surface area contributed by atoms with Crippen LogP contribution in [0.1, 0.15) is 47.2 Å². The van der Waals surface area contributed by atoms with Crippen LogP contribution in [0.3, 0.4) is 0 Å². The first kappa shape index (κ1) is 31.2. The third kappa shape index (κ3) is 10.4. The fraction of sp³-hybridized carbons (Fsp3) is 0.464.